The number of phenols is 2. The number of pyridine rings is 4. The summed E-state index contributed by atoms with van der Waals surface area (Å²) in [6.07, 6.45) is 0.536. The molecule has 14 heteroatoms. The van der Waals surface area contributed by atoms with Gasteiger partial charge in [-0.25, -0.2) is 29.5 Å². The average Bonchev–Trinajstić information content (AvgIpc) is 3.24. The third-order valence-electron chi connectivity index (χ3n) is 9.50. The first kappa shape index (κ1) is 40.2. The van der Waals surface area contributed by atoms with Crippen LogP contribution in [0.2, 0.25) is 0 Å². The van der Waals surface area contributed by atoms with Gasteiger partial charge in [0.2, 0.25) is 5.41 Å². The lowest BCUT2D eigenvalue weighted by molar-refractivity contribution is -0.160. The Hall–Kier alpha value is -8.00. The van der Waals surface area contributed by atoms with Crippen molar-refractivity contribution in [3.63, 3.8) is 0 Å². The summed E-state index contributed by atoms with van der Waals surface area (Å²) in [4.78, 5) is 68.4. The van der Waals surface area contributed by atoms with Gasteiger partial charge < -0.3 is 29.2 Å². The first-order chi connectivity index (χ1) is 28.9. The van der Waals surface area contributed by atoms with E-state index in [2.05, 4.69) is 19.9 Å². The van der Waals surface area contributed by atoms with Crippen LogP contribution in [0.1, 0.15) is 36.6 Å². The summed E-state index contributed by atoms with van der Waals surface area (Å²) in [7, 11) is 2.24. The number of benzene rings is 4. The van der Waals surface area contributed by atoms with Crippen LogP contribution in [0, 0.1) is 0 Å². The highest BCUT2D eigenvalue weighted by Gasteiger charge is 2.55. The van der Waals surface area contributed by atoms with Gasteiger partial charge in [0.15, 0.2) is 11.5 Å². The number of hydrogen-bond donors (Lipinski definition) is 2. The summed E-state index contributed by atoms with van der Waals surface area (Å²) in [5, 5.41) is 22.8. The molecule has 0 atom stereocenters. The number of hydrogen-bond acceptors (Lipinski definition) is 14. The molecular formula is C46H36N4O10. The summed E-state index contributed by atoms with van der Waals surface area (Å²) in [5.41, 5.74) is 0.871. The van der Waals surface area contributed by atoms with E-state index in [1.165, 1.54) is 38.1 Å². The summed E-state index contributed by atoms with van der Waals surface area (Å²) < 4.78 is 20.7. The number of ether oxygens (including phenoxy) is 4. The van der Waals surface area contributed by atoms with Crippen molar-refractivity contribution in [2.75, 3.05) is 14.2 Å². The maximum absolute atomic E-state index is 13.5. The number of carbonyl (C=O) groups is 4. The van der Waals surface area contributed by atoms with Crippen LogP contribution in [0.25, 0.3) is 43.6 Å². The van der Waals surface area contributed by atoms with E-state index in [0.717, 1.165) is 36.4 Å². The number of carbonyl (C=O) groups excluding carboxylic acids is 4. The number of esters is 4. The van der Waals surface area contributed by atoms with Crippen LogP contribution in [-0.2, 0) is 40.5 Å². The number of rotatable bonds is 8. The molecule has 0 saturated carbocycles. The standard InChI is InChI=1S/C27H22N2O8.C19H14N2O2/c1-15(30)36-19-9-5-7-17-11-13-21(28-23(17)19)27(25(32)34-3,26(33)35-4)22-14-12-18-8-6-10-20(24(18)29-22)37-16(2)31;22-16-5-1-3-12-7-9-14(20-18(12)16)11-15-10-8-13-4-2-6-17(23)19(13)21-15/h5-14H,1-4H3;1-10,22-23H,11H2. The summed E-state index contributed by atoms with van der Waals surface area (Å²) in [6.45, 7) is 2.49. The normalized spacial score (nSPS) is 11.1. The van der Waals surface area contributed by atoms with E-state index >= 15 is 0 Å². The van der Waals surface area contributed by atoms with Gasteiger partial charge in [-0.3, -0.25) is 9.59 Å². The number of aromatic nitrogens is 4. The Labute approximate surface area is 342 Å². The first-order valence-electron chi connectivity index (χ1n) is 18.4. The molecule has 0 spiro atoms. The Kier molecular flexibility index (Phi) is 11.3. The van der Waals surface area contributed by atoms with Crippen LogP contribution >= 0.6 is 0 Å². The fourth-order valence-electron chi connectivity index (χ4n) is 6.80. The zero-order valence-electron chi connectivity index (χ0n) is 32.7. The van der Waals surface area contributed by atoms with Crippen LogP contribution in [0.4, 0.5) is 0 Å². The minimum absolute atomic E-state index is 0.0740. The Morgan fingerprint density at radius 1 is 0.483 bits per heavy atom. The van der Waals surface area contributed by atoms with E-state index in [-0.39, 0.29) is 45.4 Å². The lowest BCUT2D eigenvalue weighted by atomic mass is 9.79. The smallest absolute Gasteiger partial charge is 0.335 e. The van der Waals surface area contributed by atoms with Crippen molar-refractivity contribution in [2.24, 2.45) is 0 Å². The van der Waals surface area contributed by atoms with Gasteiger partial charge in [0, 0.05) is 53.2 Å². The zero-order valence-corrected chi connectivity index (χ0v) is 32.7. The monoisotopic (exact) mass is 804 g/mol. The maximum atomic E-state index is 13.5. The molecule has 0 fully saturated rings. The van der Waals surface area contributed by atoms with Crippen molar-refractivity contribution in [3.05, 3.63) is 144 Å². The highest BCUT2D eigenvalue weighted by Crippen LogP contribution is 2.38. The Morgan fingerprint density at radius 3 is 1.23 bits per heavy atom. The molecule has 14 nitrogen and oxygen atoms in total. The van der Waals surface area contributed by atoms with E-state index in [4.69, 9.17) is 18.9 Å². The number of aromatic hydroxyl groups is 2. The van der Waals surface area contributed by atoms with Gasteiger partial charge in [0.25, 0.3) is 0 Å². The third kappa shape index (κ3) is 7.81. The van der Waals surface area contributed by atoms with Gasteiger partial charge in [0.1, 0.15) is 33.6 Å². The molecule has 2 N–H and O–H groups in total. The Bertz CT molecular complexity index is 2790. The van der Waals surface area contributed by atoms with Crippen molar-refractivity contribution < 1.29 is 48.3 Å². The molecule has 0 bridgehead atoms. The van der Waals surface area contributed by atoms with Gasteiger partial charge in [0.05, 0.1) is 25.6 Å². The molecule has 0 aliphatic rings. The quantitative estimate of drug-likeness (QED) is 0.0900. The molecule has 4 aromatic heterocycles. The third-order valence-corrected chi connectivity index (χ3v) is 9.50. The first-order valence-corrected chi connectivity index (χ1v) is 18.4. The predicted molar refractivity (Wildman–Crippen MR) is 221 cm³/mol. The molecule has 4 aromatic carbocycles. The molecule has 0 unspecified atom stereocenters. The molecule has 0 aliphatic carbocycles. The largest absolute Gasteiger partial charge is 0.506 e. The van der Waals surface area contributed by atoms with Gasteiger partial charge in [-0.15, -0.1) is 0 Å². The summed E-state index contributed by atoms with van der Waals surface area (Å²) >= 11 is 0. The number of phenolic OH excluding ortho intramolecular Hbond substituents is 2. The van der Waals surface area contributed by atoms with Gasteiger partial charge >= 0.3 is 23.9 Å². The molecule has 0 radical (unpaired) electrons. The van der Waals surface area contributed by atoms with Crippen LogP contribution in [0.5, 0.6) is 23.0 Å². The molecule has 4 heterocycles. The van der Waals surface area contributed by atoms with Gasteiger partial charge in [-0.2, -0.15) is 0 Å². The van der Waals surface area contributed by atoms with Crippen molar-refractivity contribution in [3.8, 4) is 23.0 Å². The van der Waals surface area contributed by atoms with E-state index in [1.54, 1.807) is 60.7 Å². The fourth-order valence-corrected chi connectivity index (χ4v) is 6.80. The second-order valence-corrected chi connectivity index (χ2v) is 13.4. The molecule has 60 heavy (non-hydrogen) atoms. The molecule has 0 aliphatic heterocycles. The number of methoxy groups -OCH3 is 2. The number of nitrogens with zero attached hydrogens (tertiary/aromatic N) is 4. The molecular weight excluding hydrogens is 769 g/mol. The van der Waals surface area contributed by atoms with Crippen molar-refractivity contribution in [2.45, 2.75) is 25.7 Å². The van der Waals surface area contributed by atoms with Crippen LogP contribution < -0.4 is 9.47 Å². The molecule has 300 valence electrons. The summed E-state index contributed by atoms with van der Waals surface area (Å²) in [5.74, 6) is -2.52. The minimum atomic E-state index is -2.27. The molecule has 0 saturated heterocycles. The second kappa shape index (κ2) is 16.8. The van der Waals surface area contributed by atoms with E-state index < -0.39 is 29.3 Å². The Balaban J connectivity index is 0.000000201. The zero-order chi connectivity index (χ0) is 42.6. The molecule has 8 rings (SSSR count). The minimum Gasteiger partial charge on any atom is -0.506 e. The lowest BCUT2D eigenvalue weighted by Gasteiger charge is -2.28. The van der Waals surface area contributed by atoms with Crippen LogP contribution in [-0.4, -0.2) is 68.2 Å². The SMILES string of the molecule is COC(=O)C(C(=O)OC)(c1ccc2cccc(OC(C)=O)c2n1)c1ccc2cccc(OC(C)=O)c2n1.Oc1cccc2ccc(Cc3ccc4cccc(O)c4n3)nc12. The lowest BCUT2D eigenvalue weighted by Crippen LogP contribution is -2.47. The topological polar surface area (TPSA) is 197 Å². The van der Waals surface area contributed by atoms with Gasteiger partial charge in [-0.1, -0.05) is 72.8 Å². The molecule has 0 amide bonds. The van der Waals surface area contributed by atoms with Crippen molar-refractivity contribution in [1.82, 2.24) is 19.9 Å². The van der Waals surface area contributed by atoms with Crippen LogP contribution in [0.3, 0.4) is 0 Å². The van der Waals surface area contributed by atoms with Gasteiger partial charge in [-0.05, 0) is 48.5 Å². The van der Waals surface area contributed by atoms with Crippen molar-refractivity contribution in [1.29, 1.82) is 0 Å². The van der Waals surface area contributed by atoms with E-state index in [9.17, 15) is 29.4 Å². The second-order valence-electron chi connectivity index (χ2n) is 13.4. The fraction of sp³-hybridized carbons (Fsp3) is 0.130. The maximum Gasteiger partial charge on any atom is 0.335 e. The number of fused-ring (bicyclic) bond motifs is 4. The highest BCUT2D eigenvalue weighted by atomic mass is 16.6. The number of para-hydroxylation sites is 4. The predicted octanol–water partition coefficient (Wildman–Crippen LogP) is 7.05. The van der Waals surface area contributed by atoms with E-state index in [0.29, 0.717) is 28.2 Å². The Morgan fingerprint density at radius 2 is 0.850 bits per heavy atom. The molecule has 8 aromatic rings. The summed E-state index contributed by atoms with van der Waals surface area (Å²) in [6, 6.07) is 34.5. The van der Waals surface area contributed by atoms with Crippen LogP contribution in [0.15, 0.2) is 121 Å². The van der Waals surface area contributed by atoms with E-state index in [1.807, 2.05) is 36.4 Å². The van der Waals surface area contributed by atoms with Crippen molar-refractivity contribution >= 4 is 67.5 Å². The highest BCUT2D eigenvalue weighted by molar-refractivity contribution is 6.10. The average molecular weight is 805 g/mol.